The van der Waals surface area contributed by atoms with Gasteiger partial charge in [-0.1, -0.05) is 6.07 Å². The fraction of sp³-hybridized carbons (Fsp3) is 0.409. The van der Waals surface area contributed by atoms with Crippen LogP contribution < -0.4 is 9.80 Å². The van der Waals surface area contributed by atoms with Crippen LogP contribution >= 0.6 is 15.9 Å². The van der Waals surface area contributed by atoms with Gasteiger partial charge < -0.3 is 9.80 Å². The van der Waals surface area contributed by atoms with Crippen LogP contribution in [0.15, 0.2) is 41.0 Å². The Hall–Kier alpha value is -2.43. The Labute approximate surface area is 180 Å². The molecule has 3 rings (SSSR count). The average molecular weight is 456 g/mol. The number of amides is 1. The first-order valence-corrected chi connectivity index (χ1v) is 10.6. The summed E-state index contributed by atoms with van der Waals surface area (Å²) in [5.41, 5.74) is 3.11. The molecule has 0 atom stereocenters. The molecule has 1 saturated heterocycles. The third-order valence-corrected chi connectivity index (χ3v) is 5.50. The number of pyridine rings is 1. The molecule has 0 radical (unpaired) electrons. The van der Waals surface area contributed by atoms with Crippen LogP contribution in [0.1, 0.15) is 17.5 Å². The monoisotopic (exact) mass is 455 g/mol. The quantitative estimate of drug-likeness (QED) is 0.666. The molecule has 1 aromatic carbocycles. The zero-order valence-corrected chi connectivity index (χ0v) is 18.5. The van der Waals surface area contributed by atoms with E-state index in [2.05, 4.69) is 42.8 Å². The van der Waals surface area contributed by atoms with Gasteiger partial charge >= 0.3 is 0 Å². The van der Waals surface area contributed by atoms with Gasteiger partial charge in [-0.15, -0.1) is 0 Å². The SMILES string of the molecule is Cc1cc(C)cc(N(CCC#N)C(=O)CN2CCN(c3ccc(Br)cn3)CC2)c1. The lowest BCUT2D eigenvalue weighted by atomic mass is 10.1. The summed E-state index contributed by atoms with van der Waals surface area (Å²) >= 11 is 3.41. The predicted molar refractivity (Wildman–Crippen MR) is 119 cm³/mol. The standard InChI is InChI=1S/C22H26BrN5O/c1-17-12-18(2)14-20(13-17)28(7-3-6-24)22(29)16-26-8-10-27(11-9-26)21-5-4-19(23)15-25-21/h4-5,12-15H,3,7-11,16H2,1-2H3. The minimum atomic E-state index is 0.0421. The number of anilines is 2. The number of aromatic nitrogens is 1. The molecule has 0 N–H and O–H groups in total. The number of benzene rings is 1. The molecule has 1 aromatic heterocycles. The summed E-state index contributed by atoms with van der Waals surface area (Å²) in [4.78, 5) is 23.7. The van der Waals surface area contributed by atoms with Crippen LogP contribution in [-0.2, 0) is 4.79 Å². The highest BCUT2D eigenvalue weighted by atomic mass is 79.9. The van der Waals surface area contributed by atoms with Gasteiger partial charge in [0.05, 0.1) is 19.0 Å². The molecule has 1 amide bonds. The molecule has 0 aliphatic carbocycles. The predicted octanol–water partition coefficient (Wildman–Crippen LogP) is 3.53. The summed E-state index contributed by atoms with van der Waals surface area (Å²) in [7, 11) is 0. The van der Waals surface area contributed by atoms with Gasteiger partial charge in [-0.3, -0.25) is 9.69 Å². The van der Waals surface area contributed by atoms with Gasteiger partial charge in [-0.25, -0.2) is 4.98 Å². The zero-order valence-electron chi connectivity index (χ0n) is 16.9. The lowest BCUT2D eigenvalue weighted by Crippen LogP contribution is -2.50. The maximum Gasteiger partial charge on any atom is 0.241 e. The molecule has 0 bridgehead atoms. The van der Waals surface area contributed by atoms with E-state index in [-0.39, 0.29) is 5.91 Å². The summed E-state index contributed by atoms with van der Waals surface area (Å²) in [5, 5.41) is 9.02. The zero-order chi connectivity index (χ0) is 20.8. The maximum absolute atomic E-state index is 13.1. The number of piperazine rings is 1. The van der Waals surface area contributed by atoms with Crippen molar-refractivity contribution in [1.29, 1.82) is 5.26 Å². The topological polar surface area (TPSA) is 63.5 Å². The Bertz CT molecular complexity index is 865. The van der Waals surface area contributed by atoms with Crippen molar-refractivity contribution in [1.82, 2.24) is 9.88 Å². The van der Waals surface area contributed by atoms with E-state index in [1.54, 1.807) is 4.90 Å². The van der Waals surface area contributed by atoms with Gasteiger partial charge in [0, 0.05) is 49.1 Å². The van der Waals surface area contributed by atoms with Crippen LogP contribution in [-0.4, -0.2) is 55.1 Å². The lowest BCUT2D eigenvalue weighted by Gasteiger charge is -2.36. The van der Waals surface area contributed by atoms with Gasteiger partial charge in [0.1, 0.15) is 5.82 Å². The highest BCUT2D eigenvalue weighted by molar-refractivity contribution is 9.10. The molecule has 1 aliphatic heterocycles. The molecule has 2 aromatic rings. The molecular weight excluding hydrogens is 430 g/mol. The summed E-state index contributed by atoms with van der Waals surface area (Å²) in [5.74, 6) is 1.01. The van der Waals surface area contributed by atoms with Crippen molar-refractivity contribution in [3.05, 3.63) is 52.1 Å². The van der Waals surface area contributed by atoms with Crippen molar-refractivity contribution in [2.45, 2.75) is 20.3 Å². The number of aryl methyl sites for hydroxylation is 2. The van der Waals surface area contributed by atoms with E-state index in [0.29, 0.717) is 19.5 Å². The Morgan fingerprint density at radius 2 is 1.86 bits per heavy atom. The van der Waals surface area contributed by atoms with Crippen LogP contribution in [0.25, 0.3) is 0 Å². The molecule has 0 spiro atoms. The number of hydrogen-bond donors (Lipinski definition) is 0. The second kappa shape index (κ2) is 9.86. The van der Waals surface area contributed by atoms with Crippen molar-refractivity contribution in [2.24, 2.45) is 0 Å². The number of carbonyl (C=O) groups excluding carboxylic acids is 1. The summed E-state index contributed by atoms with van der Waals surface area (Å²) < 4.78 is 0.967. The number of nitriles is 1. The Morgan fingerprint density at radius 1 is 1.17 bits per heavy atom. The number of halogens is 1. The smallest absolute Gasteiger partial charge is 0.241 e. The van der Waals surface area contributed by atoms with E-state index in [9.17, 15) is 4.79 Å². The third kappa shape index (κ3) is 5.78. The minimum absolute atomic E-state index is 0.0421. The lowest BCUT2D eigenvalue weighted by molar-refractivity contribution is -0.119. The summed E-state index contributed by atoms with van der Waals surface area (Å²) in [6.45, 7) is 8.12. The Morgan fingerprint density at radius 3 is 2.45 bits per heavy atom. The van der Waals surface area contributed by atoms with E-state index < -0.39 is 0 Å². The molecule has 6 nitrogen and oxygen atoms in total. The first-order valence-electron chi connectivity index (χ1n) is 9.81. The molecule has 1 fully saturated rings. The molecule has 7 heteroatoms. The number of hydrogen-bond acceptors (Lipinski definition) is 5. The van der Waals surface area contributed by atoms with Crippen LogP contribution in [0.2, 0.25) is 0 Å². The van der Waals surface area contributed by atoms with Gasteiger partial charge in [-0.05, 0) is 65.2 Å². The molecular formula is C22H26BrN5O. The molecule has 152 valence electrons. The molecule has 0 unspecified atom stereocenters. The molecule has 0 saturated carbocycles. The number of nitrogens with zero attached hydrogens (tertiary/aromatic N) is 5. The van der Waals surface area contributed by atoms with Gasteiger partial charge in [0.15, 0.2) is 0 Å². The van der Waals surface area contributed by atoms with Crippen LogP contribution in [0, 0.1) is 25.2 Å². The Kier molecular flexibility index (Phi) is 7.24. The average Bonchev–Trinajstić information content (AvgIpc) is 2.69. The minimum Gasteiger partial charge on any atom is -0.354 e. The second-order valence-corrected chi connectivity index (χ2v) is 8.31. The fourth-order valence-electron chi connectivity index (χ4n) is 3.63. The number of rotatable bonds is 6. The van der Waals surface area contributed by atoms with E-state index in [1.165, 1.54) is 0 Å². The number of carbonyl (C=O) groups is 1. The normalized spacial score (nSPS) is 14.5. The molecule has 1 aliphatic rings. The summed E-state index contributed by atoms with van der Waals surface area (Å²) in [6.07, 6.45) is 2.13. The van der Waals surface area contributed by atoms with Crippen molar-refractivity contribution < 1.29 is 4.79 Å². The summed E-state index contributed by atoms with van der Waals surface area (Å²) in [6, 6.07) is 12.3. The van der Waals surface area contributed by atoms with E-state index in [1.807, 2.05) is 44.3 Å². The highest BCUT2D eigenvalue weighted by Crippen LogP contribution is 2.21. The van der Waals surface area contributed by atoms with E-state index >= 15 is 0 Å². The van der Waals surface area contributed by atoms with Gasteiger partial charge in [-0.2, -0.15) is 5.26 Å². The van der Waals surface area contributed by atoms with Crippen molar-refractivity contribution >= 4 is 33.3 Å². The highest BCUT2D eigenvalue weighted by Gasteiger charge is 2.23. The van der Waals surface area contributed by atoms with Crippen molar-refractivity contribution in [3.63, 3.8) is 0 Å². The van der Waals surface area contributed by atoms with Crippen LogP contribution in [0.5, 0.6) is 0 Å². The van der Waals surface area contributed by atoms with Crippen LogP contribution in [0.4, 0.5) is 11.5 Å². The van der Waals surface area contributed by atoms with E-state index in [0.717, 1.165) is 53.3 Å². The first kappa shape index (κ1) is 21.3. The van der Waals surface area contributed by atoms with Crippen molar-refractivity contribution in [2.75, 3.05) is 49.1 Å². The molecule has 29 heavy (non-hydrogen) atoms. The van der Waals surface area contributed by atoms with E-state index in [4.69, 9.17) is 5.26 Å². The van der Waals surface area contributed by atoms with Crippen molar-refractivity contribution in [3.8, 4) is 6.07 Å². The fourth-order valence-corrected chi connectivity index (χ4v) is 3.87. The first-order chi connectivity index (χ1) is 14.0. The van der Waals surface area contributed by atoms with Gasteiger partial charge in [0.2, 0.25) is 5.91 Å². The Balaban J connectivity index is 1.62. The van der Waals surface area contributed by atoms with Gasteiger partial charge in [0.25, 0.3) is 0 Å². The third-order valence-electron chi connectivity index (χ3n) is 5.03. The largest absolute Gasteiger partial charge is 0.354 e. The second-order valence-electron chi connectivity index (χ2n) is 7.40. The molecule has 2 heterocycles. The van der Waals surface area contributed by atoms with Crippen LogP contribution in [0.3, 0.4) is 0 Å². The maximum atomic E-state index is 13.1.